The summed E-state index contributed by atoms with van der Waals surface area (Å²) >= 11 is 1.37. The van der Waals surface area contributed by atoms with Crippen molar-refractivity contribution >= 4 is 23.2 Å². The van der Waals surface area contributed by atoms with Gasteiger partial charge in [0.25, 0.3) is 5.91 Å². The molecule has 4 nitrogen and oxygen atoms in total. The Balaban J connectivity index is 2.16. The second-order valence-electron chi connectivity index (χ2n) is 4.60. The first-order valence-corrected chi connectivity index (χ1v) is 7.66. The molecule has 1 aromatic heterocycles. The summed E-state index contributed by atoms with van der Waals surface area (Å²) in [5.41, 5.74) is 5.83. The van der Waals surface area contributed by atoms with Crippen LogP contribution in [0.25, 0.3) is 0 Å². The molecule has 19 heavy (non-hydrogen) atoms. The van der Waals surface area contributed by atoms with Crippen LogP contribution < -0.4 is 10.9 Å². The number of amides is 2. The Morgan fingerprint density at radius 2 is 1.89 bits per heavy atom. The van der Waals surface area contributed by atoms with Gasteiger partial charge in [0, 0.05) is 6.42 Å². The van der Waals surface area contributed by atoms with Crippen molar-refractivity contribution < 1.29 is 9.59 Å². The third kappa shape index (κ3) is 5.87. The first kappa shape index (κ1) is 15.7. The summed E-state index contributed by atoms with van der Waals surface area (Å²) in [6.45, 7) is 4.04. The van der Waals surface area contributed by atoms with E-state index < -0.39 is 0 Å². The number of hydrogen-bond donors (Lipinski definition) is 2. The summed E-state index contributed by atoms with van der Waals surface area (Å²) in [6.07, 6.45) is 6.00. The molecule has 0 saturated carbocycles. The summed E-state index contributed by atoms with van der Waals surface area (Å²) in [5, 5.41) is 1.86. The Morgan fingerprint density at radius 3 is 2.53 bits per heavy atom. The molecule has 5 heteroatoms. The molecular weight excluding hydrogens is 260 g/mol. The number of hydrazine groups is 1. The maximum absolute atomic E-state index is 11.7. The fourth-order valence-corrected chi connectivity index (χ4v) is 2.56. The van der Waals surface area contributed by atoms with Gasteiger partial charge in [-0.15, -0.1) is 11.3 Å². The van der Waals surface area contributed by atoms with Crippen LogP contribution in [0.2, 0.25) is 0 Å². The van der Waals surface area contributed by atoms with E-state index in [9.17, 15) is 9.59 Å². The lowest BCUT2D eigenvalue weighted by Crippen LogP contribution is -2.41. The van der Waals surface area contributed by atoms with Crippen molar-refractivity contribution in [3.63, 3.8) is 0 Å². The van der Waals surface area contributed by atoms with E-state index in [1.807, 2.05) is 18.4 Å². The maximum atomic E-state index is 11.7. The quantitative estimate of drug-likeness (QED) is 0.596. The summed E-state index contributed by atoms with van der Waals surface area (Å²) in [6, 6.07) is 1.88. The van der Waals surface area contributed by atoms with E-state index >= 15 is 0 Å². The monoisotopic (exact) mass is 282 g/mol. The van der Waals surface area contributed by atoms with E-state index in [1.165, 1.54) is 30.6 Å². The van der Waals surface area contributed by atoms with Crippen LogP contribution in [-0.4, -0.2) is 11.8 Å². The Labute approximate surface area is 118 Å². The van der Waals surface area contributed by atoms with Crippen molar-refractivity contribution in [1.29, 1.82) is 0 Å². The minimum absolute atomic E-state index is 0.126. The number of aryl methyl sites for hydroxylation is 1. The number of carbonyl (C=O) groups excluding carboxylic acids is 2. The summed E-state index contributed by atoms with van der Waals surface area (Å²) in [4.78, 5) is 23.9. The van der Waals surface area contributed by atoms with Crippen LogP contribution in [0.3, 0.4) is 0 Å². The van der Waals surface area contributed by atoms with Gasteiger partial charge in [0.1, 0.15) is 0 Å². The zero-order valence-corrected chi connectivity index (χ0v) is 12.4. The Bertz CT molecular complexity index is 415. The average Bonchev–Trinajstić information content (AvgIpc) is 2.82. The highest BCUT2D eigenvalue weighted by Crippen LogP contribution is 2.14. The zero-order valence-electron chi connectivity index (χ0n) is 11.6. The SMILES string of the molecule is CCCCCCCC(=O)NNC(=O)c1sccc1C. The van der Waals surface area contributed by atoms with Crippen molar-refractivity contribution in [3.05, 3.63) is 21.9 Å². The summed E-state index contributed by atoms with van der Waals surface area (Å²) in [7, 11) is 0. The molecule has 0 saturated heterocycles. The molecule has 0 radical (unpaired) electrons. The molecular formula is C14H22N2O2S. The largest absolute Gasteiger partial charge is 0.280 e. The molecule has 0 unspecified atom stereocenters. The highest BCUT2D eigenvalue weighted by Gasteiger charge is 2.10. The molecule has 1 heterocycles. The molecule has 1 aromatic rings. The van der Waals surface area contributed by atoms with Gasteiger partial charge < -0.3 is 0 Å². The molecule has 0 atom stereocenters. The summed E-state index contributed by atoms with van der Waals surface area (Å²) < 4.78 is 0. The van der Waals surface area contributed by atoms with Crippen LogP contribution in [-0.2, 0) is 4.79 Å². The molecule has 0 aliphatic carbocycles. The van der Waals surface area contributed by atoms with E-state index in [1.54, 1.807) is 0 Å². The van der Waals surface area contributed by atoms with Gasteiger partial charge in [-0.3, -0.25) is 20.4 Å². The van der Waals surface area contributed by atoms with Crippen LogP contribution >= 0.6 is 11.3 Å². The molecule has 0 aliphatic rings. The van der Waals surface area contributed by atoms with Gasteiger partial charge >= 0.3 is 0 Å². The molecule has 106 valence electrons. The van der Waals surface area contributed by atoms with Gasteiger partial charge in [-0.25, -0.2) is 0 Å². The van der Waals surface area contributed by atoms with Gasteiger partial charge in [-0.05, 0) is 30.4 Å². The number of carbonyl (C=O) groups is 2. The van der Waals surface area contributed by atoms with E-state index in [2.05, 4.69) is 17.8 Å². The first-order chi connectivity index (χ1) is 9.15. The number of nitrogens with one attached hydrogen (secondary N) is 2. The van der Waals surface area contributed by atoms with E-state index in [4.69, 9.17) is 0 Å². The second-order valence-corrected chi connectivity index (χ2v) is 5.52. The number of rotatable bonds is 7. The second kappa shape index (κ2) is 8.69. The zero-order chi connectivity index (χ0) is 14.1. The number of thiophene rings is 1. The van der Waals surface area contributed by atoms with Gasteiger partial charge in [0.15, 0.2) is 0 Å². The van der Waals surface area contributed by atoms with Crippen LogP contribution in [0.15, 0.2) is 11.4 Å². The highest BCUT2D eigenvalue weighted by atomic mass is 32.1. The fourth-order valence-electron chi connectivity index (χ4n) is 1.74. The molecule has 2 N–H and O–H groups in total. The molecule has 2 amide bonds. The lowest BCUT2D eigenvalue weighted by atomic mass is 10.1. The van der Waals surface area contributed by atoms with Gasteiger partial charge in [-0.2, -0.15) is 0 Å². The molecule has 1 rings (SSSR count). The molecule has 0 fully saturated rings. The van der Waals surface area contributed by atoms with Gasteiger partial charge in [-0.1, -0.05) is 32.6 Å². The highest BCUT2D eigenvalue weighted by molar-refractivity contribution is 7.12. The minimum atomic E-state index is -0.244. The normalized spacial score (nSPS) is 10.2. The van der Waals surface area contributed by atoms with Gasteiger partial charge in [0.2, 0.25) is 5.91 Å². The fraction of sp³-hybridized carbons (Fsp3) is 0.571. The van der Waals surface area contributed by atoms with E-state index in [0.717, 1.165) is 18.4 Å². The number of hydrogen-bond acceptors (Lipinski definition) is 3. The van der Waals surface area contributed by atoms with Crippen molar-refractivity contribution in [1.82, 2.24) is 10.9 Å². The molecule has 0 bridgehead atoms. The van der Waals surface area contributed by atoms with Crippen LogP contribution in [0, 0.1) is 6.92 Å². The van der Waals surface area contributed by atoms with Crippen molar-refractivity contribution in [3.8, 4) is 0 Å². The Morgan fingerprint density at radius 1 is 1.16 bits per heavy atom. The maximum Gasteiger partial charge on any atom is 0.280 e. The predicted molar refractivity (Wildman–Crippen MR) is 78.0 cm³/mol. The lowest BCUT2D eigenvalue weighted by molar-refractivity contribution is -0.121. The standard InChI is InChI=1S/C14H22N2O2S/c1-3-4-5-6-7-8-12(17)15-16-14(18)13-11(2)9-10-19-13/h9-10H,3-8H2,1-2H3,(H,15,17)(H,16,18). The Hall–Kier alpha value is -1.36. The molecule has 0 spiro atoms. The lowest BCUT2D eigenvalue weighted by Gasteiger charge is -2.06. The first-order valence-electron chi connectivity index (χ1n) is 6.78. The van der Waals surface area contributed by atoms with Crippen molar-refractivity contribution in [2.75, 3.05) is 0 Å². The van der Waals surface area contributed by atoms with E-state index in [-0.39, 0.29) is 11.8 Å². The third-order valence-corrected chi connectivity index (χ3v) is 3.91. The van der Waals surface area contributed by atoms with E-state index in [0.29, 0.717) is 11.3 Å². The molecule has 0 aliphatic heterocycles. The van der Waals surface area contributed by atoms with Crippen LogP contribution in [0.5, 0.6) is 0 Å². The molecule has 0 aromatic carbocycles. The van der Waals surface area contributed by atoms with Crippen molar-refractivity contribution in [2.45, 2.75) is 52.4 Å². The van der Waals surface area contributed by atoms with Gasteiger partial charge in [0.05, 0.1) is 4.88 Å². The van der Waals surface area contributed by atoms with Crippen LogP contribution in [0.1, 0.15) is 60.7 Å². The minimum Gasteiger partial charge on any atom is -0.273 e. The topological polar surface area (TPSA) is 58.2 Å². The Kier molecular flexibility index (Phi) is 7.18. The number of unbranched alkanes of at least 4 members (excludes halogenated alkanes) is 4. The van der Waals surface area contributed by atoms with Crippen LogP contribution in [0.4, 0.5) is 0 Å². The average molecular weight is 282 g/mol. The smallest absolute Gasteiger partial charge is 0.273 e. The third-order valence-electron chi connectivity index (χ3n) is 2.89. The predicted octanol–water partition coefficient (Wildman–Crippen LogP) is 3.18. The van der Waals surface area contributed by atoms with Crippen molar-refractivity contribution in [2.24, 2.45) is 0 Å². The summed E-state index contributed by atoms with van der Waals surface area (Å²) in [5.74, 6) is -0.370.